The molecule has 0 bridgehead atoms. The van der Waals surface area contributed by atoms with Crippen molar-refractivity contribution in [1.29, 1.82) is 0 Å². The normalized spacial score (nSPS) is 11.6. The van der Waals surface area contributed by atoms with Crippen molar-refractivity contribution < 1.29 is 13.9 Å². The standard InChI is InChI=1S/C13H16BrFO2/c1-4-13(5-2,17-3)12(16)10-8-9(14)6-7-11(10)15/h6-8H,4-5H2,1-3H3. The lowest BCUT2D eigenvalue weighted by Crippen LogP contribution is -2.40. The number of ether oxygens (including phenoxy) is 1. The minimum absolute atomic E-state index is 0.0740. The van der Waals surface area contributed by atoms with E-state index in [2.05, 4.69) is 15.9 Å². The molecule has 0 aliphatic heterocycles. The molecule has 1 aromatic carbocycles. The van der Waals surface area contributed by atoms with E-state index in [4.69, 9.17) is 4.74 Å². The number of ketones is 1. The number of rotatable bonds is 5. The maximum absolute atomic E-state index is 13.7. The van der Waals surface area contributed by atoms with Crippen LogP contribution >= 0.6 is 15.9 Å². The number of hydrogen-bond acceptors (Lipinski definition) is 2. The van der Waals surface area contributed by atoms with E-state index in [0.717, 1.165) is 0 Å². The fraction of sp³-hybridized carbons (Fsp3) is 0.462. The van der Waals surface area contributed by atoms with Crippen molar-refractivity contribution >= 4 is 21.7 Å². The number of carbonyl (C=O) groups excluding carboxylic acids is 1. The Morgan fingerprint density at radius 1 is 1.41 bits per heavy atom. The van der Waals surface area contributed by atoms with Crippen LogP contribution in [-0.4, -0.2) is 18.5 Å². The first-order valence-corrected chi connectivity index (χ1v) is 6.35. The lowest BCUT2D eigenvalue weighted by atomic mass is 9.87. The van der Waals surface area contributed by atoms with Crippen LogP contribution in [0, 0.1) is 5.82 Å². The lowest BCUT2D eigenvalue weighted by molar-refractivity contribution is -0.00293. The first-order chi connectivity index (χ1) is 8.00. The predicted molar refractivity (Wildman–Crippen MR) is 68.8 cm³/mol. The first kappa shape index (κ1) is 14.3. The van der Waals surface area contributed by atoms with Crippen LogP contribution in [0.5, 0.6) is 0 Å². The van der Waals surface area contributed by atoms with E-state index in [-0.39, 0.29) is 11.3 Å². The van der Waals surface area contributed by atoms with Crippen molar-refractivity contribution in [3.05, 3.63) is 34.1 Å². The highest BCUT2D eigenvalue weighted by Gasteiger charge is 2.36. The molecule has 1 rings (SSSR count). The number of hydrogen-bond donors (Lipinski definition) is 0. The molecule has 2 nitrogen and oxygen atoms in total. The van der Waals surface area contributed by atoms with Crippen LogP contribution in [0.1, 0.15) is 37.0 Å². The second-order valence-electron chi connectivity index (χ2n) is 3.86. The highest BCUT2D eigenvalue weighted by molar-refractivity contribution is 9.10. The van der Waals surface area contributed by atoms with Crippen molar-refractivity contribution in [2.75, 3.05) is 7.11 Å². The smallest absolute Gasteiger partial charge is 0.197 e. The lowest BCUT2D eigenvalue weighted by Gasteiger charge is -2.28. The molecule has 0 N–H and O–H groups in total. The van der Waals surface area contributed by atoms with E-state index in [0.29, 0.717) is 17.3 Å². The molecule has 0 amide bonds. The molecule has 0 saturated heterocycles. The Hall–Kier alpha value is -0.740. The maximum atomic E-state index is 13.7. The van der Waals surface area contributed by atoms with Crippen molar-refractivity contribution in [3.8, 4) is 0 Å². The number of Topliss-reactive ketones (excluding diaryl/α,β-unsaturated/α-hetero) is 1. The van der Waals surface area contributed by atoms with Crippen LogP contribution in [0.3, 0.4) is 0 Å². The van der Waals surface area contributed by atoms with E-state index in [1.807, 2.05) is 13.8 Å². The molecular formula is C13H16BrFO2. The summed E-state index contributed by atoms with van der Waals surface area (Å²) in [7, 11) is 1.49. The fourth-order valence-corrected chi connectivity index (χ4v) is 2.23. The second-order valence-corrected chi connectivity index (χ2v) is 4.77. The molecule has 0 aliphatic carbocycles. The fourth-order valence-electron chi connectivity index (χ4n) is 1.87. The summed E-state index contributed by atoms with van der Waals surface area (Å²) in [4.78, 5) is 12.3. The van der Waals surface area contributed by atoms with Gasteiger partial charge in [0.05, 0.1) is 5.56 Å². The van der Waals surface area contributed by atoms with Gasteiger partial charge < -0.3 is 4.74 Å². The summed E-state index contributed by atoms with van der Waals surface area (Å²) in [5.74, 6) is -0.815. The summed E-state index contributed by atoms with van der Waals surface area (Å²) in [5, 5.41) is 0. The zero-order valence-corrected chi connectivity index (χ0v) is 11.8. The Labute approximate surface area is 109 Å². The molecule has 0 atom stereocenters. The monoisotopic (exact) mass is 302 g/mol. The highest BCUT2D eigenvalue weighted by atomic mass is 79.9. The van der Waals surface area contributed by atoms with Crippen molar-refractivity contribution in [3.63, 3.8) is 0 Å². The van der Waals surface area contributed by atoms with Crippen LogP contribution in [0.4, 0.5) is 4.39 Å². The van der Waals surface area contributed by atoms with Gasteiger partial charge in [-0.1, -0.05) is 29.8 Å². The number of halogens is 2. The molecular weight excluding hydrogens is 287 g/mol. The minimum atomic E-state index is -0.929. The van der Waals surface area contributed by atoms with E-state index in [9.17, 15) is 9.18 Å². The molecule has 4 heteroatoms. The van der Waals surface area contributed by atoms with Crippen LogP contribution in [-0.2, 0) is 4.74 Å². The van der Waals surface area contributed by atoms with Gasteiger partial charge in [0.25, 0.3) is 0 Å². The Morgan fingerprint density at radius 2 is 2.00 bits per heavy atom. The van der Waals surface area contributed by atoms with Crippen LogP contribution in [0.25, 0.3) is 0 Å². The summed E-state index contributed by atoms with van der Waals surface area (Å²) >= 11 is 3.24. The van der Waals surface area contributed by atoms with E-state index < -0.39 is 11.4 Å². The molecule has 0 saturated carbocycles. The third kappa shape index (κ3) is 2.75. The first-order valence-electron chi connectivity index (χ1n) is 5.55. The van der Waals surface area contributed by atoms with Gasteiger partial charge in [-0.25, -0.2) is 4.39 Å². The molecule has 0 fully saturated rings. The summed E-state index contributed by atoms with van der Waals surface area (Å²) in [6.45, 7) is 3.72. The van der Waals surface area contributed by atoms with Gasteiger partial charge in [0.2, 0.25) is 0 Å². The molecule has 94 valence electrons. The summed E-state index contributed by atoms with van der Waals surface area (Å²) in [5.41, 5.74) is -0.855. The molecule has 0 spiro atoms. The molecule has 1 aromatic rings. The zero-order valence-electron chi connectivity index (χ0n) is 10.2. The van der Waals surface area contributed by atoms with Crippen LogP contribution < -0.4 is 0 Å². The Kier molecular flexibility index (Phi) is 4.83. The minimum Gasteiger partial charge on any atom is -0.370 e. The summed E-state index contributed by atoms with van der Waals surface area (Å²) in [6.07, 6.45) is 1.04. The second kappa shape index (κ2) is 5.74. The van der Waals surface area contributed by atoms with E-state index in [1.54, 1.807) is 6.07 Å². The Morgan fingerprint density at radius 3 is 2.47 bits per heavy atom. The zero-order chi connectivity index (χ0) is 13.1. The van der Waals surface area contributed by atoms with Crippen molar-refractivity contribution in [2.24, 2.45) is 0 Å². The number of methoxy groups -OCH3 is 1. The average Bonchev–Trinajstić information content (AvgIpc) is 2.35. The van der Waals surface area contributed by atoms with Gasteiger partial charge in [0, 0.05) is 11.6 Å². The van der Waals surface area contributed by atoms with E-state index in [1.165, 1.54) is 19.2 Å². The van der Waals surface area contributed by atoms with Crippen LogP contribution in [0.2, 0.25) is 0 Å². The Balaban J connectivity index is 3.23. The van der Waals surface area contributed by atoms with Gasteiger partial charge in [-0.15, -0.1) is 0 Å². The third-order valence-electron chi connectivity index (χ3n) is 3.12. The maximum Gasteiger partial charge on any atom is 0.197 e. The van der Waals surface area contributed by atoms with Gasteiger partial charge in [0.1, 0.15) is 11.4 Å². The average molecular weight is 303 g/mol. The van der Waals surface area contributed by atoms with Gasteiger partial charge in [-0.05, 0) is 31.0 Å². The molecule has 17 heavy (non-hydrogen) atoms. The van der Waals surface area contributed by atoms with Gasteiger partial charge in [-0.3, -0.25) is 4.79 Å². The molecule has 0 aliphatic rings. The van der Waals surface area contributed by atoms with Crippen LogP contribution in [0.15, 0.2) is 22.7 Å². The largest absolute Gasteiger partial charge is 0.370 e. The molecule has 0 heterocycles. The van der Waals surface area contributed by atoms with Crippen molar-refractivity contribution in [1.82, 2.24) is 0 Å². The predicted octanol–water partition coefficient (Wildman–Crippen LogP) is 3.98. The number of benzene rings is 1. The summed E-state index contributed by atoms with van der Waals surface area (Å²) in [6, 6.07) is 4.35. The van der Waals surface area contributed by atoms with Gasteiger partial charge in [0.15, 0.2) is 5.78 Å². The molecule has 0 radical (unpaired) electrons. The SMILES string of the molecule is CCC(CC)(OC)C(=O)c1cc(Br)ccc1F. The number of carbonyl (C=O) groups is 1. The molecule has 0 unspecified atom stereocenters. The highest BCUT2D eigenvalue weighted by Crippen LogP contribution is 2.27. The summed E-state index contributed by atoms with van der Waals surface area (Å²) < 4.78 is 19.7. The van der Waals surface area contributed by atoms with Gasteiger partial charge >= 0.3 is 0 Å². The quantitative estimate of drug-likeness (QED) is 0.769. The third-order valence-corrected chi connectivity index (χ3v) is 3.61. The molecule has 0 aromatic heterocycles. The van der Waals surface area contributed by atoms with Gasteiger partial charge in [-0.2, -0.15) is 0 Å². The van der Waals surface area contributed by atoms with E-state index >= 15 is 0 Å². The Bertz CT molecular complexity index is 406. The topological polar surface area (TPSA) is 26.3 Å². The van der Waals surface area contributed by atoms with Crippen molar-refractivity contribution in [2.45, 2.75) is 32.3 Å².